The number of rotatable bonds is 6. The molecular formula is C19H22N2O5S. The van der Waals surface area contributed by atoms with Gasteiger partial charge in [-0.15, -0.1) is 0 Å². The lowest BCUT2D eigenvalue weighted by molar-refractivity contribution is 0.0696. The van der Waals surface area contributed by atoms with E-state index in [4.69, 9.17) is 4.74 Å². The van der Waals surface area contributed by atoms with Crippen molar-refractivity contribution < 1.29 is 23.1 Å². The van der Waals surface area contributed by atoms with Crippen LogP contribution < -0.4 is 9.62 Å². The highest BCUT2D eigenvalue weighted by Crippen LogP contribution is 2.26. The topological polar surface area (TPSA) is 95.9 Å². The van der Waals surface area contributed by atoms with Gasteiger partial charge < -0.3 is 14.7 Å². The number of carboxylic acid groups (broad SMARTS) is 1. The summed E-state index contributed by atoms with van der Waals surface area (Å²) in [4.78, 5) is 13.5. The largest absolute Gasteiger partial charge is 0.478 e. The maximum atomic E-state index is 12.7. The lowest BCUT2D eigenvalue weighted by Crippen LogP contribution is -2.37. The molecule has 2 N–H and O–H groups in total. The number of aromatic carboxylic acids is 1. The minimum absolute atomic E-state index is 0.0351. The van der Waals surface area contributed by atoms with Crippen molar-refractivity contribution in [1.82, 2.24) is 4.72 Å². The fourth-order valence-electron chi connectivity index (χ4n) is 3.04. The zero-order chi connectivity index (χ0) is 19.4. The van der Waals surface area contributed by atoms with Crippen molar-refractivity contribution >= 4 is 21.7 Å². The van der Waals surface area contributed by atoms with Gasteiger partial charge in [-0.3, -0.25) is 0 Å². The van der Waals surface area contributed by atoms with E-state index in [-0.39, 0.29) is 10.5 Å². The molecule has 2 aromatic carbocycles. The molecule has 2 aromatic rings. The molecule has 0 aromatic heterocycles. The van der Waals surface area contributed by atoms with Crippen LogP contribution in [0.15, 0.2) is 53.4 Å². The van der Waals surface area contributed by atoms with E-state index in [1.165, 1.54) is 12.1 Å². The van der Waals surface area contributed by atoms with Gasteiger partial charge in [0.05, 0.1) is 29.4 Å². The normalized spacial score (nSPS) is 16.1. The van der Waals surface area contributed by atoms with Gasteiger partial charge in [-0.25, -0.2) is 17.9 Å². The van der Waals surface area contributed by atoms with E-state index >= 15 is 0 Å². The smallest absolute Gasteiger partial charge is 0.337 e. The van der Waals surface area contributed by atoms with Crippen LogP contribution in [0.25, 0.3) is 0 Å². The van der Waals surface area contributed by atoms with Crippen LogP contribution in [0.5, 0.6) is 0 Å². The Kier molecular flexibility index (Phi) is 5.79. The van der Waals surface area contributed by atoms with Gasteiger partial charge in [-0.2, -0.15) is 0 Å². The Morgan fingerprint density at radius 1 is 1.15 bits per heavy atom. The minimum Gasteiger partial charge on any atom is -0.478 e. The van der Waals surface area contributed by atoms with Gasteiger partial charge in [0.2, 0.25) is 10.0 Å². The molecule has 8 heteroatoms. The molecule has 1 aliphatic heterocycles. The van der Waals surface area contributed by atoms with Gasteiger partial charge in [0.15, 0.2) is 0 Å². The van der Waals surface area contributed by atoms with Crippen molar-refractivity contribution in [1.29, 1.82) is 0 Å². The standard InChI is InChI=1S/C19H22N2O5S/c1-14(15-5-3-2-4-6-15)20-27(24,25)16-7-8-18(17(13-16)19(22)23)21-9-11-26-12-10-21/h2-8,13-14,20H,9-12H2,1H3,(H,22,23)/t14-/m0/s1. The average molecular weight is 390 g/mol. The van der Waals surface area contributed by atoms with Crippen molar-refractivity contribution in [2.24, 2.45) is 0 Å². The molecule has 0 bridgehead atoms. The summed E-state index contributed by atoms with van der Waals surface area (Å²) in [6, 6.07) is 13.0. The van der Waals surface area contributed by atoms with Crippen LogP contribution in [0.2, 0.25) is 0 Å². The number of carbonyl (C=O) groups is 1. The molecule has 0 unspecified atom stereocenters. The molecule has 144 valence electrons. The first-order valence-electron chi connectivity index (χ1n) is 8.66. The van der Waals surface area contributed by atoms with E-state index in [1.807, 2.05) is 35.2 Å². The quantitative estimate of drug-likeness (QED) is 0.786. The van der Waals surface area contributed by atoms with Crippen LogP contribution in [-0.4, -0.2) is 45.8 Å². The highest BCUT2D eigenvalue weighted by molar-refractivity contribution is 7.89. The van der Waals surface area contributed by atoms with E-state index in [9.17, 15) is 18.3 Å². The second kappa shape index (κ2) is 8.08. The van der Waals surface area contributed by atoms with Crippen molar-refractivity contribution in [2.45, 2.75) is 17.9 Å². The summed E-state index contributed by atoms with van der Waals surface area (Å²) in [6.07, 6.45) is 0. The number of nitrogens with zero attached hydrogens (tertiary/aromatic N) is 1. The first-order valence-corrected chi connectivity index (χ1v) is 10.1. The third-order valence-corrected chi connectivity index (χ3v) is 6.03. The Hall–Kier alpha value is -2.42. The molecule has 7 nitrogen and oxygen atoms in total. The first kappa shape index (κ1) is 19.3. The molecular weight excluding hydrogens is 368 g/mol. The van der Waals surface area contributed by atoms with E-state index in [0.717, 1.165) is 5.56 Å². The van der Waals surface area contributed by atoms with Crippen molar-refractivity contribution in [3.05, 3.63) is 59.7 Å². The molecule has 1 heterocycles. The Labute approximate surface area is 158 Å². The van der Waals surface area contributed by atoms with E-state index in [0.29, 0.717) is 32.0 Å². The van der Waals surface area contributed by atoms with E-state index in [1.54, 1.807) is 13.0 Å². The average Bonchev–Trinajstić information content (AvgIpc) is 2.68. The summed E-state index contributed by atoms with van der Waals surface area (Å²) >= 11 is 0. The maximum Gasteiger partial charge on any atom is 0.337 e. The Bertz CT molecular complexity index is 909. The number of hydrogen-bond acceptors (Lipinski definition) is 5. The molecule has 0 radical (unpaired) electrons. The Morgan fingerprint density at radius 3 is 2.44 bits per heavy atom. The van der Waals surface area contributed by atoms with Crippen LogP contribution in [0, 0.1) is 0 Å². The third kappa shape index (κ3) is 4.47. The SMILES string of the molecule is C[C@H](NS(=O)(=O)c1ccc(N2CCOCC2)c(C(=O)O)c1)c1ccccc1. The van der Waals surface area contributed by atoms with Crippen LogP contribution in [0.1, 0.15) is 28.9 Å². The van der Waals surface area contributed by atoms with Gasteiger partial charge in [-0.1, -0.05) is 30.3 Å². The predicted octanol–water partition coefficient (Wildman–Crippen LogP) is 2.26. The lowest BCUT2D eigenvalue weighted by Gasteiger charge is -2.30. The molecule has 0 aliphatic carbocycles. The first-order chi connectivity index (χ1) is 12.9. The number of benzene rings is 2. The fraction of sp³-hybridized carbons (Fsp3) is 0.316. The number of hydrogen-bond donors (Lipinski definition) is 2. The minimum atomic E-state index is -3.87. The summed E-state index contributed by atoms with van der Waals surface area (Å²) < 4.78 is 33.4. The van der Waals surface area contributed by atoms with Gasteiger partial charge in [0.25, 0.3) is 0 Å². The fourth-order valence-corrected chi connectivity index (χ4v) is 4.30. The molecule has 1 atom stereocenters. The molecule has 0 amide bonds. The molecule has 27 heavy (non-hydrogen) atoms. The van der Waals surface area contributed by atoms with E-state index in [2.05, 4.69) is 4.72 Å². The monoisotopic (exact) mass is 390 g/mol. The van der Waals surface area contributed by atoms with Gasteiger partial charge in [-0.05, 0) is 30.7 Å². The summed E-state index contributed by atoms with van der Waals surface area (Å²) in [5.41, 5.74) is 1.29. The zero-order valence-electron chi connectivity index (χ0n) is 15.0. The van der Waals surface area contributed by atoms with Gasteiger partial charge in [0, 0.05) is 19.1 Å². The van der Waals surface area contributed by atoms with Crippen molar-refractivity contribution in [3.63, 3.8) is 0 Å². The number of carboxylic acids is 1. The Morgan fingerprint density at radius 2 is 1.81 bits per heavy atom. The number of nitrogens with one attached hydrogen (secondary N) is 1. The van der Waals surface area contributed by atoms with Crippen LogP contribution in [0.4, 0.5) is 5.69 Å². The Balaban J connectivity index is 1.89. The molecule has 1 aliphatic rings. The van der Waals surface area contributed by atoms with Gasteiger partial charge in [0.1, 0.15) is 0 Å². The number of ether oxygens (including phenoxy) is 1. The highest BCUT2D eigenvalue weighted by atomic mass is 32.2. The zero-order valence-corrected chi connectivity index (χ0v) is 15.8. The maximum absolute atomic E-state index is 12.7. The summed E-state index contributed by atoms with van der Waals surface area (Å²) in [5, 5.41) is 9.57. The molecule has 1 saturated heterocycles. The second-order valence-corrected chi connectivity index (χ2v) is 8.05. The van der Waals surface area contributed by atoms with Crippen LogP contribution in [-0.2, 0) is 14.8 Å². The second-order valence-electron chi connectivity index (χ2n) is 6.34. The summed E-state index contributed by atoms with van der Waals surface area (Å²) in [5.74, 6) is -1.16. The molecule has 1 fully saturated rings. The van der Waals surface area contributed by atoms with Crippen LogP contribution >= 0.6 is 0 Å². The summed E-state index contributed by atoms with van der Waals surface area (Å²) in [7, 11) is -3.87. The third-order valence-electron chi connectivity index (χ3n) is 4.49. The summed E-state index contributed by atoms with van der Waals surface area (Å²) in [6.45, 7) is 3.89. The molecule has 3 rings (SSSR count). The van der Waals surface area contributed by atoms with Crippen molar-refractivity contribution in [3.8, 4) is 0 Å². The van der Waals surface area contributed by atoms with E-state index < -0.39 is 22.0 Å². The van der Waals surface area contributed by atoms with Crippen molar-refractivity contribution in [2.75, 3.05) is 31.2 Å². The van der Waals surface area contributed by atoms with Gasteiger partial charge >= 0.3 is 5.97 Å². The lowest BCUT2D eigenvalue weighted by atomic mass is 10.1. The highest BCUT2D eigenvalue weighted by Gasteiger charge is 2.24. The molecule has 0 saturated carbocycles. The number of sulfonamides is 1. The predicted molar refractivity (Wildman–Crippen MR) is 102 cm³/mol. The number of morpholine rings is 1. The van der Waals surface area contributed by atoms with Crippen LogP contribution in [0.3, 0.4) is 0 Å². The number of anilines is 1. The molecule has 0 spiro atoms.